The van der Waals surface area contributed by atoms with Gasteiger partial charge in [-0.15, -0.1) is 6.58 Å². The molecule has 0 aliphatic carbocycles. The van der Waals surface area contributed by atoms with Gasteiger partial charge >= 0.3 is 0 Å². The second-order valence-electron chi connectivity index (χ2n) is 6.48. The standard InChI is InChI=1S/C19H17ClN2O3S.2CH3NOS.CH4.H2O/c1-3-12(2)19-22-17(13-8-10-14(20)11-9-13)18(25-19)15-6-4-5-7-16(15)26(21,23)24;2*2-1(3)4;;/h3-12H,1H2,2H3,(H2,21,23,24);2*(H3,2,3,4);1H4;1H2. The van der Waals surface area contributed by atoms with Gasteiger partial charge in [0.2, 0.25) is 15.9 Å². The Labute approximate surface area is 226 Å². The predicted molar refractivity (Wildman–Crippen MR) is 150 cm³/mol. The monoisotopic (exact) mass is 576 g/mol. The van der Waals surface area contributed by atoms with Crippen molar-refractivity contribution in [2.75, 3.05) is 0 Å². The molecule has 1 aromatic heterocycles. The third-order valence-electron chi connectivity index (χ3n) is 3.94. The number of nitrogens with two attached hydrogens (primary N) is 3. The summed E-state index contributed by atoms with van der Waals surface area (Å²) in [4.78, 5) is 22.7. The summed E-state index contributed by atoms with van der Waals surface area (Å²) in [7, 11) is -3.93. The number of carbonyl (C=O) groups excluding carboxylic acids is 2. The van der Waals surface area contributed by atoms with E-state index in [1.807, 2.05) is 6.92 Å². The Kier molecular flexibility index (Phi) is 15.7. The van der Waals surface area contributed by atoms with Crippen LogP contribution >= 0.6 is 36.9 Å². The lowest BCUT2D eigenvalue weighted by atomic mass is 10.1. The number of aromatic nitrogens is 1. The number of oxazole rings is 1. The van der Waals surface area contributed by atoms with Crippen molar-refractivity contribution in [2.24, 2.45) is 16.6 Å². The predicted octanol–water partition coefficient (Wildman–Crippen LogP) is 4.40. The molecule has 0 fully saturated rings. The van der Waals surface area contributed by atoms with Gasteiger partial charge in [-0.1, -0.05) is 81.6 Å². The molecule has 0 spiro atoms. The normalized spacial score (nSPS) is 10.6. The van der Waals surface area contributed by atoms with Gasteiger partial charge < -0.3 is 21.4 Å². The van der Waals surface area contributed by atoms with E-state index >= 15 is 0 Å². The number of halogens is 1. The Hall–Kier alpha value is -2.81. The molecule has 1 unspecified atom stereocenters. The van der Waals surface area contributed by atoms with Gasteiger partial charge in [0.1, 0.15) is 5.69 Å². The number of nitrogens with zero attached hydrogens (tertiary/aromatic N) is 1. The maximum absolute atomic E-state index is 12.0. The summed E-state index contributed by atoms with van der Waals surface area (Å²) in [5.74, 6) is 0.626. The summed E-state index contributed by atoms with van der Waals surface area (Å²) in [6.45, 7) is 5.65. The van der Waals surface area contributed by atoms with Gasteiger partial charge in [-0.05, 0) is 24.3 Å². The van der Waals surface area contributed by atoms with Gasteiger partial charge in [-0.2, -0.15) is 0 Å². The molecule has 0 aliphatic rings. The van der Waals surface area contributed by atoms with Crippen molar-refractivity contribution in [1.82, 2.24) is 4.98 Å². The number of primary amides is 2. The first-order chi connectivity index (χ1) is 15.8. The number of amides is 2. The maximum Gasteiger partial charge on any atom is 0.273 e. The van der Waals surface area contributed by atoms with Crippen molar-refractivity contribution < 1.29 is 27.9 Å². The average Bonchev–Trinajstić information content (AvgIpc) is 3.17. The minimum absolute atomic E-state index is 0. The molecule has 0 aliphatic heterocycles. The highest BCUT2D eigenvalue weighted by Crippen LogP contribution is 2.37. The lowest BCUT2D eigenvalue weighted by Gasteiger charge is -2.07. The fraction of sp³-hybridized carbons (Fsp3) is 0.136. The summed E-state index contributed by atoms with van der Waals surface area (Å²) in [5.41, 5.74) is 10.3. The molecule has 1 atom stereocenters. The van der Waals surface area contributed by atoms with E-state index in [1.54, 1.807) is 48.5 Å². The minimum atomic E-state index is -3.93. The van der Waals surface area contributed by atoms with Crippen LogP contribution in [0, 0.1) is 0 Å². The van der Waals surface area contributed by atoms with E-state index in [-0.39, 0.29) is 23.7 Å². The zero-order valence-electron chi connectivity index (χ0n) is 18.4. The quantitative estimate of drug-likeness (QED) is 0.219. The number of carbonyl (C=O) groups is 2. The van der Waals surface area contributed by atoms with E-state index in [2.05, 4.69) is 48.3 Å². The fourth-order valence-corrected chi connectivity index (χ4v) is 3.38. The van der Waals surface area contributed by atoms with E-state index in [9.17, 15) is 8.42 Å². The number of rotatable bonds is 5. The molecule has 198 valence electrons. The number of benzene rings is 2. The molecule has 3 rings (SSSR count). The average molecular weight is 577 g/mol. The SMILES string of the molecule is C.C=CC(C)c1nc(-c2ccc(Cl)cc2)c(-c2ccccc2S(N)(=O)=O)o1.NC(=O)S.NC(=O)S.O. The van der Waals surface area contributed by atoms with Gasteiger partial charge in [0.05, 0.1) is 10.8 Å². The van der Waals surface area contributed by atoms with Gasteiger partial charge in [-0.3, -0.25) is 9.59 Å². The van der Waals surface area contributed by atoms with Crippen LogP contribution in [0.3, 0.4) is 0 Å². The summed E-state index contributed by atoms with van der Waals surface area (Å²) >= 11 is 12.2. The van der Waals surface area contributed by atoms with Gasteiger partial charge in [-0.25, -0.2) is 18.5 Å². The maximum atomic E-state index is 12.0. The highest BCUT2D eigenvalue weighted by Gasteiger charge is 2.24. The van der Waals surface area contributed by atoms with Crippen molar-refractivity contribution in [3.05, 3.63) is 72.1 Å². The number of allylic oxidation sites excluding steroid dienone is 1. The number of sulfonamides is 1. The summed E-state index contributed by atoms with van der Waals surface area (Å²) in [5, 5.41) is 4.68. The fourth-order valence-electron chi connectivity index (χ4n) is 2.52. The molecule has 8 N–H and O–H groups in total. The lowest BCUT2D eigenvalue weighted by molar-refractivity contribution is 0.266. The first kappa shape index (κ1) is 35.4. The molecule has 2 aromatic carbocycles. The molecule has 2 amide bonds. The third kappa shape index (κ3) is 11.3. The number of primary sulfonamides is 1. The molecule has 14 heteroatoms. The molecular formula is C22H29ClN4O6S3. The molecule has 0 saturated heterocycles. The molecule has 1 heterocycles. The molecular weight excluding hydrogens is 548 g/mol. The summed E-state index contributed by atoms with van der Waals surface area (Å²) in [6, 6.07) is 13.5. The second kappa shape index (κ2) is 16.0. The van der Waals surface area contributed by atoms with Gasteiger partial charge in [0.15, 0.2) is 5.76 Å². The van der Waals surface area contributed by atoms with Crippen molar-refractivity contribution in [3.63, 3.8) is 0 Å². The first-order valence-corrected chi connectivity index (χ1v) is 12.1. The lowest BCUT2D eigenvalue weighted by Crippen LogP contribution is -2.13. The van der Waals surface area contributed by atoms with E-state index in [0.717, 1.165) is 5.56 Å². The van der Waals surface area contributed by atoms with Crippen molar-refractivity contribution in [3.8, 4) is 22.6 Å². The van der Waals surface area contributed by atoms with Crippen LogP contribution in [0.15, 0.2) is 70.5 Å². The number of thiol groups is 2. The Morgan fingerprint density at radius 2 is 1.56 bits per heavy atom. The van der Waals surface area contributed by atoms with Crippen LogP contribution < -0.4 is 16.6 Å². The molecule has 3 aromatic rings. The Morgan fingerprint density at radius 1 is 1.08 bits per heavy atom. The van der Waals surface area contributed by atoms with Crippen molar-refractivity contribution in [2.45, 2.75) is 25.2 Å². The van der Waals surface area contributed by atoms with Crippen LogP contribution in [0.5, 0.6) is 0 Å². The highest BCUT2D eigenvalue weighted by molar-refractivity contribution is 7.96. The number of hydrogen-bond acceptors (Lipinski definition) is 6. The highest BCUT2D eigenvalue weighted by atomic mass is 35.5. The molecule has 0 bridgehead atoms. The zero-order valence-corrected chi connectivity index (χ0v) is 21.7. The van der Waals surface area contributed by atoms with E-state index in [1.165, 1.54) is 6.07 Å². The van der Waals surface area contributed by atoms with Gasteiger partial charge in [0, 0.05) is 16.1 Å². The van der Waals surface area contributed by atoms with E-state index in [0.29, 0.717) is 27.9 Å². The van der Waals surface area contributed by atoms with Crippen molar-refractivity contribution >= 4 is 57.4 Å². The largest absolute Gasteiger partial charge is 0.439 e. The molecule has 0 saturated carbocycles. The Balaban J connectivity index is 0. The summed E-state index contributed by atoms with van der Waals surface area (Å²) < 4.78 is 29.9. The second-order valence-corrected chi connectivity index (χ2v) is 9.33. The van der Waals surface area contributed by atoms with Crippen LogP contribution in [0.2, 0.25) is 5.02 Å². The van der Waals surface area contributed by atoms with Gasteiger partial charge in [0.25, 0.3) is 10.5 Å². The minimum Gasteiger partial charge on any atom is -0.439 e. The zero-order chi connectivity index (χ0) is 26.1. The number of hydrogen-bond donors (Lipinski definition) is 5. The van der Waals surface area contributed by atoms with Crippen LogP contribution in [0.4, 0.5) is 9.59 Å². The Bertz CT molecular complexity index is 1250. The molecule has 10 nitrogen and oxygen atoms in total. The van der Waals surface area contributed by atoms with Crippen molar-refractivity contribution in [1.29, 1.82) is 0 Å². The molecule has 0 radical (unpaired) electrons. The van der Waals surface area contributed by atoms with Crippen LogP contribution in [0.1, 0.15) is 26.2 Å². The van der Waals surface area contributed by atoms with Crippen LogP contribution in [0.25, 0.3) is 22.6 Å². The smallest absolute Gasteiger partial charge is 0.273 e. The molecule has 36 heavy (non-hydrogen) atoms. The Morgan fingerprint density at radius 3 is 2.00 bits per heavy atom. The van der Waals surface area contributed by atoms with E-state index < -0.39 is 20.5 Å². The van der Waals surface area contributed by atoms with Crippen LogP contribution in [-0.4, -0.2) is 29.4 Å². The summed E-state index contributed by atoms with van der Waals surface area (Å²) in [6.07, 6.45) is 1.70. The first-order valence-electron chi connectivity index (χ1n) is 9.26. The topological polar surface area (TPSA) is 204 Å². The third-order valence-corrected chi connectivity index (χ3v) is 5.16. The van der Waals surface area contributed by atoms with Crippen LogP contribution in [-0.2, 0) is 10.0 Å². The van der Waals surface area contributed by atoms with E-state index in [4.69, 9.17) is 30.7 Å².